The van der Waals surface area contributed by atoms with Crippen LogP contribution in [0.1, 0.15) is 31.4 Å². The molecule has 190 valence electrons. The number of hydrogen-bond acceptors (Lipinski definition) is 8. The number of H-pyrrole nitrogens is 1. The van der Waals surface area contributed by atoms with Gasteiger partial charge in [0.1, 0.15) is 16.7 Å². The Balaban J connectivity index is 1.32. The number of piperidine rings is 1. The standard InChI is InChI=1S/C25H32N8O2S/c1-17-15-20(27-24(26-17)33-11-13-35-14-12-33)23-28-22(29-30-23)19-4-3-18(31-36(2)34)16-21(19)32-9-7-25(5-6-25)8-10-32/h3-4,15-16,31H,5-14H2,1-2H3,(H,28,29,30). The van der Waals surface area contributed by atoms with Crippen LogP contribution in [0.25, 0.3) is 22.9 Å². The van der Waals surface area contributed by atoms with E-state index in [1.54, 1.807) is 6.26 Å². The van der Waals surface area contributed by atoms with Crippen molar-refractivity contribution in [2.45, 2.75) is 32.6 Å². The van der Waals surface area contributed by atoms with E-state index in [1.165, 1.54) is 25.7 Å². The van der Waals surface area contributed by atoms with Gasteiger partial charge in [-0.05, 0) is 62.3 Å². The fourth-order valence-electron chi connectivity index (χ4n) is 5.19. The minimum Gasteiger partial charge on any atom is -0.378 e. The van der Waals surface area contributed by atoms with Gasteiger partial charge in [-0.15, -0.1) is 0 Å². The highest BCUT2D eigenvalue weighted by molar-refractivity contribution is 7.85. The molecular formula is C25H32N8O2S. The fourth-order valence-corrected chi connectivity index (χ4v) is 5.65. The van der Waals surface area contributed by atoms with Crippen molar-refractivity contribution in [3.05, 3.63) is 30.0 Å². The van der Waals surface area contributed by atoms with Crippen molar-refractivity contribution in [2.75, 3.05) is 60.2 Å². The van der Waals surface area contributed by atoms with Gasteiger partial charge >= 0.3 is 0 Å². The fraction of sp³-hybridized carbons (Fsp3) is 0.520. The average Bonchev–Trinajstić information content (AvgIpc) is 3.44. The maximum Gasteiger partial charge on any atom is 0.226 e. The number of anilines is 3. The lowest BCUT2D eigenvalue weighted by molar-refractivity contribution is 0.122. The summed E-state index contributed by atoms with van der Waals surface area (Å²) < 4.78 is 20.3. The molecule has 3 aromatic rings. The zero-order valence-electron chi connectivity index (χ0n) is 20.8. The number of aromatic nitrogens is 5. The van der Waals surface area contributed by atoms with Crippen molar-refractivity contribution in [1.29, 1.82) is 0 Å². The lowest BCUT2D eigenvalue weighted by atomic mass is 9.93. The van der Waals surface area contributed by atoms with E-state index in [9.17, 15) is 4.21 Å². The minimum atomic E-state index is -1.14. The Morgan fingerprint density at radius 1 is 1.00 bits per heavy atom. The average molecular weight is 509 g/mol. The van der Waals surface area contributed by atoms with Crippen molar-refractivity contribution in [1.82, 2.24) is 25.1 Å². The predicted molar refractivity (Wildman–Crippen MR) is 141 cm³/mol. The van der Waals surface area contributed by atoms with Crippen LogP contribution < -0.4 is 14.5 Å². The first-order chi connectivity index (χ1) is 17.5. The molecule has 11 heteroatoms. The van der Waals surface area contributed by atoms with Crippen molar-refractivity contribution in [2.24, 2.45) is 5.41 Å². The SMILES string of the molecule is Cc1cc(-c2nc(-c3ccc(NS(C)=O)cc3N3CCC4(CC3)CC4)n[nH]2)nc(N2CCOCC2)n1. The van der Waals surface area contributed by atoms with Crippen LogP contribution in [-0.2, 0) is 15.7 Å². The summed E-state index contributed by atoms with van der Waals surface area (Å²) in [5.41, 5.74) is 5.04. The summed E-state index contributed by atoms with van der Waals surface area (Å²) in [6.07, 6.45) is 6.79. The van der Waals surface area contributed by atoms with E-state index < -0.39 is 11.0 Å². The first-order valence-corrected chi connectivity index (χ1v) is 14.1. The molecular weight excluding hydrogens is 476 g/mol. The number of morpholine rings is 1. The Bertz CT molecular complexity index is 1270. The largest absolute Gasteiger partial charge is 0.378 e. The number of nitrogens with one attached hydrogen (secondary N) is 2. The van der Waals surface area contributed by atoms with Crippen molar-refractivity contribution in [3.63, 3.8) is 0 Å². The predicted octanol–water partition coefficient (Wildman–Crippen LogP) is 3.16. The second-order valence-corrected chi connectivity index (χ2v) is 11.2. The van der Waals surface area contributed by atoms with E-state index in [1.807, 2.05) is 25.1 Å². The molecule has 4 heterocycles. The maximum absolute atomic E-state index is 11.8. The van der Waals surface area contributed by atoms with Crippen molar-refractivity contribution >= 4 is 28.3 Å². The molecule has 3 aliphatic rings. The first kappa shape index (κ1) is 23.4. The lowest BCUT2D eigenvalue weighted by Crippen LogP contribution is -2.37. The van der Waals surface area contributed by atoms with Gasteiger partial charge in [-0.25, -0.2) is 19.2 Å². The smallest absolute Gasteiger partial charge is 0.226 e. The zero-order chi connectivity index (χ0) is 24.7. The van der Waals surface area contributed by atoms with Crippen molar-refractivity contribution in [3.8, 4) is 22.9 Å². The molecule has 3 fully saturated rings. The quantitative estimate of drug-likeness (QED) is 0.522. The Hall–Kier alpha value is -3.05. The maximum atomic E-state index is 11.8. The van der Waals surface area contributed by atoms with Crippen LogP contribution in [0.5, 0.6) is 0 Å². The monoisotopic (exact) mass is 508 g/mol. The molecule has 2 aromatic heterocycles. The molecule has 1 unspecified atom stereocenters. The van der Waals surface area contributed by atoms with Gasteiger partial charge in [0.25, 0.3) is 0 Å². The molecule has 1 spiro atoms. The molecule has 1 saturated carbocycles. The van der Waals surface area contributed by atoms with Gasteiger partial charge in [0, 0.05) is 55.1 Å². The Morgan fingerprint density at radius 3 is 2.50 bits per heavy atom. The Kier molecular flexibility index (Phi) is 6.12. The second-order valence-electron chi connectivity index (χ2n) is 10.1. The first-order valence-electron chi connectivity index (χ1n) is 12.6. The Labute approximate surface area is 213 Å². The molecule has 2 aliphatic heterocycles. The molecule has 2 saturated heterocycles. The third kappa shape index (κ3) is 4.81. The van der Waals surface area contributed by atoms with Crippen LogP contribution in [-0.4, -0.2) is 75.0 Å². The summed E-state index contributed by atoms with van der Waals surface area (Å²) in [4.78, 5) is 18.8. The van der Waals surface area contributed by atoms with E-state index in [-0.39, 0.29) is 0 Å². The molecule has 2 N–H and O–H groups in total. The number of hydrogen-bond donors (Lipinski definition) is 2. The Morgan fingerprint density at radius 2 is 1.78 bits per heavy atom. The number of nitrogens with zero attached hydrogens (tertiary/aromatic N) is 6. The molecule has 1 aromatic carbocycles. The third-order valence-electron chi connectivity index (χ3n) is 7.49. The normalized spacial score (nSPS) is 19.9. The highest BCUT2D eigenvalue weighted by Crippen LogP contribution is 2.54. The molecule has 36 heavy (non-hydrogen) atoms. The summed E-state index contributed by atoms with van der Waals surface area (Å²) in [5, 5.41) is 7.69. The van der Waals surface area contributed by atoms with E-state index >= 15 is 0 Å². The summed E-state index contributed by atoms with van der Waals surface area (Å²) in [5.74, 6) is 1.93. The van der Waals surface area contributed by atoms with E-state index in [0.29, 0.717) is 36.2 Å². The molecule has 1 aliphatic carbocycles. The van der Waals surface area contributed by atoms with E-state index in [2.05, 4.69) is 35.8 Å². The third-order valence-corrected chi connectivity index (χ3v) is 8.01. The van der Waals surface area contributed by atoms with Gasteiger partial charge in [-0.2, -0.15) is 5.10 Å². The number of aryl methyl sites for hydroxylation is 1. The summed E-state index contributed by atoms with van der Waals surface area (Å²) >= 11 is 0. The van der Waals surface area contributed by atoms with Gasteiger partial charge in [0.2, 0.25) is 5.95 Å². The molecule has 0 radical (unpaired) electrons. The lowest BCUT2D eigenvalue weighted by Gasteiger charge is -2.35. The highest BCUT2D eigenvalue weighted by atomic mass is 32.2. The number of benzene rings is 1. The molecule has 0 amide bonds. The summed E-state index contributed by atoms with van der Waals surface area (Å²) in [6, 6.07) is 7.96. The zero-order valence-corrected chi connectivity index (χ0v) is 21.6. The number of ether oxygens (including phenoxy) is 1. The van der Waals surface area contributed by atoms with Gasteiger partial charge in [-0.3, -0.25) is 5.10 Å². The van der Waals surface area contributed by atoms with Gasteiger partial charge in [0.05, 0.1) is 13.2 Å². The summed E-state index contributed by atoms with van der Waals surface area (Å²) in [7, 11) is -1.14. The highest BCUT2D eigenvalue weighted by Gasteiger charge is 2.44. The van der Waals surface area contributed by atoms with Gasteiger partial charge in [-0.1, -0.05) is 0 Å². The molecule has 1 atom stereocenters. The molecule has 6 rings (SSSR count). The molecule has 10 nitrogen and oxygen atoms in total. The van der Waals surface area contributed by atoms with Gasteiger partial charge in [0.15, 0.2) is 11.6 Å². The minimum absolute atomic E-state index is 0.582. The number of rotatable bonds is 6. The van der Waals surface area contributed by atoms with Crippen LogP contribution in [0, 0.1) is 12.3 Å². The topological polar surface area (TPSA) is 112 Å². The van der Waals surface area contributed by atoms with Crippen LogP contribution in [0.4, 0.5) is 17.3 Å². The van der Waals surface area contributed by atoms with Crippen LogP contribution in [0.3, 0.4) is 0 Å². The van der Waals surface area contributed by atoms with Crippen molar-refractivity contribution < 1.29 is 8.95 Å². The van der Waals surface area contributed by atoms with E-state index in [0.717, 1.165) is 54.5 Å². The van der Waals surface area contributed by atoms with Crippen LogP contribution >= 0.6 is 0 Å². The second kappa shape index (κ2) is 9.44. The molecule has 0 bridgehead atoms. The van der Waals surface area contributed by atoms with Crippen LogP contribution in [0.2, 0.25) is 0 Å². The summed E-state index contributed by atoms with van der Waals surface area (Å²) in [6.45, 7) is 6.89. The van der Waals surface area contributed by atoms with E-state index in [4.69, 9.17) is 14.7 Å². The van der Waals surface area contributed by atoms with Gasteiger partial charge < -0.3 is 19.3 Å². The number of aromatic amines is 1. The van der Waals surface area contributed by atoms with Crippen LogP contribution in [0.15, 0.2) is 24.3 Å².